The van der Waals surface area contributed by atoms with Crippen molar-refractivity contribution in [3.05, 3.63) is 188 Å². The maximum atomic E-state index is 15.5. The van der Waals surface area contributed by atoms with Crippen molar-refractivity contribution < 1.29 is 173 Å². The number of aliphatic hydroxyl groups is 2. The van der Waals surface area contributed by atoms with E-state index in [1.165, 1.54) is 26.5 Å². The van der Waals surface area contributed by atoms with Crippen LogP contribution in [0, 0.1) is 16.7 Å². The molecule has 22 nitrogen and oxygen atoms in total. The van der Waals surface area contributed by atoms with Gasteiger partial charge in [0.05, 0.1) is 46.5 Å². The SMILES string of the molecule is C.CCC1=C[C@@H]2CN(CCc3c([nH]c4ccccc34)[C@@](C(=O)OC)(c3cc4c(cc3OC)N(C)[C@H]3[C@@](O)(CNC(=O)OCc5cccc(Cl)c5)[C@H](OC(C)=O)[C@]5(CC)C=CCN6CC[C@]43[C@@H]65)C2)C1.CC[C@]12C=CCN3CC[C@@]4(c5ccc(OC)cc5N(C)[C@H]4[C@@](O)(CNC(=O)OCc4cccc(Cl)c4)[C@@H]1OC(C)=O)[C@@H]32.F.FF.FF.FF.FF.FF.FF.FF.FF.FF.FF.FF. The quantitative estimate of drug-likeness (QED) is 0.0246. The summed E-state index contributed by atoms with van der Waals surface area (Å²) < 4.78 is 218. The van der Waals surface area contributed by atoms with Crippen LogP contribution in [0.2, 0.25) is 10.0 Å². The van der Waals surface area contributed by atoms with Gasteiger partial charge < -0.3 is 68.8 Å². The third kappa shape index (κ3) is 22.3. The highest BCUT2D eigenvalue weighted by Crippen LogP contribution is 2.70. The van der Waals surface area contributed by atoms with Gasteiger partial charge in [-0.3, -0.25) is 33.8 Å². The van der Waals surface area contributed by atoms with E-state index in [1.54, 1.807) is 50.6 Å². The van der Waals surface area contributed by atoms with Gasteiger partial charge in [-0.05, 0) is 134 Å². The average molecular weight is 1980 g/mol. The van der Waals surface area contributed by atoms with Crippen molar-refractivity contribution in [3.63, 3.8) is 0 Å². The normalized spacial score (nSPS) is 26.7. The van der Waals surface area contributed by atoms with Crippen LogP contribution in [0.15, 0.2) is 139 Å². The number of para-hydroxylation sites is 1. The Balaban J connectivity index is 0.000000783. The summed E-state index contributed by atoms with van der Waals surface area (Å²) in [6, 6.07) is 31.3. The number of methoxy groups -OCH3 is 3. The molecule has 2 spiro atoms. The van der Waals surface area contributed by atoms with E-state index in [1.807, 2.05) is 50.5 Å². The van der Waals surface area contributed by atoms with E-state index in [2.05, 4.69) is 122 Å². The fourth-order valence-corrected chi connectivity index (χ4v) is 23.2. The number of likely N-dealkylation sites (N-methyl/N-ethyl adjacent to an activating group) is 2. The van der Waals surface area contributed by atoms with Crippen LogP contribution in [-0.4, -0.2) is 202 Å². The van der Waals surface area contributed by atoms with Gasteiger partial charge in [-0.2, -0.15) is 0 Å². The number of halogens is 25. The maximum Gasteiger partial charge on any atom is 0.407 e. The Morgan fingerprint density at radius 1 is 0.549 bits per heavy atom. The van der Waals surface area contributed by atoms with Gasteiger partial charge in [0.25, 0.3) is 0 Å². The van der Waals surface area contributed by atoms with Crippen molar-refractivity contribution in [3.8, 4) is 11.5 Å². The largest absolute Gasteiger partial charge is 0.497 e. The summed E-state index contributed by atoms with van der Waals surface area (Å²) >= 11 is 12.3. The summed E-state index contributed by atoms with van der Waals surface area (Å²) in [6.45, 7) is 14.2. The molecule has 10 aliphatic rings. The van der Waals surface area contributed by atoms with Crippen LogP contribution in [0.4, 0.5) is 126 Å². The molecule has 9 heterocycles. The summed E-state index contributed by atoms with van der Waals surface area (Å²) in [6.07, 6.45) is 12.2. The number of H-pyrrole nitrogens is 1. The van der Waals surface area contributed by atoms with Crippen LogP contribution in [0.1, 0.15) is 120 Å². The second kappa shape index (κ2) is 54.4. The molecule has 8 aliphatic heterocycles. The zero-order valence-electron chi connectivity index (χ0n) is 72.5. The van der Waals surface area contributed by atoms with Gasteiger partial charge in [0.15, 0.2) is 0 Å². The molecule has 15 atom stereocenters. The minimum Gasteiger partial charge on any atom is -0.497 e. The molecule has 47 heteroatoms. The van der Waals surface area contributed by atoms with Gasteiger partial charge in [0, 0.05) is 251 Å². The molecule has 2 bridgehead atoms. The Morgan fingerprint density at radius 3 is 1.44 bits per heavy atom. The summed E-state index contributed by atoms with van der Waals surface area (Å²) in [5, 5.41) is 34.9. The highest BCUT2D eigenvalue weighted by Gasteiger charge is 2.80. The summed E-state index contributed by atoms with van der Waals surface area (Å²) in [4.78, 5) is 83.7. The molecular formula is C86H105Cl2F23N8O14. The van der Waals surface area contributed by atoms with E-state index >= 15 is 4.79 Å². The van der Waals surface area contributed by atoms with Crippen molar-refractivity contribution in [1.29, 1.82) is 0 Å². The lowest BCUT2D eigenvalue weighted by molar-refractivity contribution is -0.217. The molecule has 2 saturated heterocycles. The predicted molar refractivity (Wildman–Crippen MR) is 449 cm³/mol. The third-order valence-electron chi connectivity index (χ3n) is 26.4. The molecule has 748 valence electrons. The highest BCUT2D eigenvalue weighted by atomic mass is 35.5. The molecule has 1 aromatic heterocycles. The second-order valence-corrected chi connectivity index (χ2v) is 32.6. The van der Waals surface area contributed by atoms with Crippen LogP contribution < -0.4 is 29.9 Å². The number of carbonyl (C=O) groups is 5. The summed E-state index contributed by atoms with van der Waals surface area (Å²) in [5.41, 5.74) is 2.47. The topological polar surface area (TPSA) is 246 Å². The minimum absolute atomic E-state index is 0. The van der Waals surface area contributed by atoms with Crippen molar-refractivity contribution in [2.24, 2.45) is 16.7 Å². The molecule has 16 rings (SSSR count). The van der Waals surface area contributed by atoms with E-state index in [4.69, 9.17) is 157 Å². The highest BCUT2D eigenvalue weighted by molar-refractivity contribution is 6.31. The zero-order chi connectivity index (χ0) is 98.9. The number of amides is 2. The molecule has 5 N–H and O–H groups in total. The van der Waals surface area contributed by atoms with Crippen molar-refractivity contribution in [1.82, 2.24) is 30.3 Å². The lowest BCUT2D eigenvalue weighted by Gasteiger charge is -2.64. The number of esters is 3. The molecule has 2 saturated carbocycles. The number of aromatic amines is 1. The number of ether oxygens (including phenoxy) is 7. The monoisotopic (exact) mass is 1980 g/mol. The lowest BCUT2D eigenvalue weighted by atomic mass is 9.47. The smallest absolute Gasteiger partial charge is 0.407 e. The fraction of sp³-hybridized carbons (Fsp3) is 0.500. The van der Waals surface area contributed by atoms with Gasteiger partial charge in [0.2, 0.25) is 0 Å². The number of hydrogen-bond donors (Lipinski definition) is 5. The van der Waals surface area contributed by atoms with Gasteiger partial charge in [0.1, 0.15) is 53.5 Å². The first-order valence-corrected chi connectivity index (χ1v) is 40.6. The maximum absolute atomic E-state index is 15.5. The van der Waals surface area contributed by atoms with Gasteiger partial charge in [-0.1, -0.05) is 136 Å². The minimum atomic E-state index is -1.87. The summed E-state index contributed by atoms with van der Waals surface area (Å²) in [5.74, 6) is -0.140. The van der Waals surface area contributed by atoms with E-state index < -0.39 is 86.7 Å². The van der Waals surface area contributed by atoms with Crippen molar-refractivity contribution >= 4 is 75.6 Å². The fourth-order valence-electron chi connectivity index (χ4n) is 22.7. The standard InChI is InChI=1S/C53H62ClN5O8.C32H38ClN3O6.CH4.11F2.FH/c1-7-33-23-35-27-52(48(61)65-6,44-38(17-21-58(28-33)29-35)37-15-9-10-16-41(37)56-44)40-25-39-42(26-43(40)64-5)57(4)46-51(39)19-22-59-20-12-18-50(8-2,45(51)59)47(67-32(3)60)53(46,63)31-55-49(62)66-30-34-13-11-14-36(54)24-34;1-5-30-12-7-14-36-15-13-31(26(30)36)24-11-10-23(40-4)17-25(24)35(3)27(31)32(39,28(30)42-20(2)37)19-34-29(38)41-18-21-8-6-9-22(33)16-21;;11*1-2;/h9-16,18,23-26,35,45-47,56,63H,7-8,17,19-22,27-31H2,1-6H3,(H,55,62);6-12,16-17,26-28,39H,5,13-15,18-19H2,1-4H3,(H,34,38);1H4;;;;;;;;;;;;1H/t35-,45-,46+,47+,50+,51+,52-,53-;26-,27+,28+,30+,31+,32-;;;;;;;;;;;;;/m00............./s1. The Labute approximate surface area is 760 Å². The van der Waals surface area contributed by atoms with Crippen LogP contribution in [0.25, 0.3) is 10.9 Å². The molecule has 1 unspecified atom stereocenters. The number of nitrogens with one attached hydrogen (secondary N) is 3. The van der Waals surface area contributed by atoms with Crippen molar-refractivity contribution in [2.45, 2.75) is 164 Å². The Bertz CT molecular complexity index is 4770. The first-order valence-electron chi connectivity index (χ1n) is 39.9. The Hall–Kier alpha value is -10.2. The van der Waals surface area contributed by atoms with E-state index in [9.17, 15) is 29.4 Å². The van der Waals surface area contributed by atoms with E-state index in [-0.39, 0.29) is 62.4 Å². The average Bonchev–Trinajstić information content (AvgIpc) is 1.52. The van der Waals surface area contributed by atoms with Crippen LogP contribution >= 0.6 is 23.2 Å². The Morgan fingerprint density at radius 2 is 1.01 bits per heavy atom. The number of hydrogen-bond acceptors (Lipinski definition) is 19. The first kappa shape index (κ1) is 119. The molecule has 2 amide bonds. The molecule has 5 aromatic carbocycles. The predicted octanol–water partition coefficient (Wildman–Crippen LogP) is 21.3. The van der Waals surface area contributed by atoms with Crippen LogP contribution in [-0.2, 0) is 73.9 Å². The Kier molecular flexibility index (Phi) is 48.6. The number of carbonyl (C=O) groups excluding carboxylic acids is 5. The van der Waals surface area contributed by atoms with Gasteiger partial charge in [-0.25, -0.2) is 9.59 Å². The number of anilines is 2. The van der Waals surface area contributed by atoms with Crippen LogP contribution in [0.3, 0.4) is 0 Å². The van der Waals surface area contributed by atoms with Gasteiger partial charge >= 0.3 is 30.1 Å². The number of fused-ring (bicyclic) bond motifs is 7. The van der Waals surface area contributed by atoms with Crippen LogP contribution in [0.5, 0.6) is 11.5 Å². The second-order valence-electron chi connectivity index (χ2n) is 31.7. The zero-order valence-corrected chi connectivity index (χ0v) is 74.0. The number of aromatic nitrogens is 1. The molecule has 133 heavy (non-hydrogen) atoms. The van der Waals surface area contributed by atoms with E-state index in [0.717, 1.165) is 108 Å². The third-order valence-corrected chi connectivity index (χ3v) is 26.9. The number of rotatable bonds is 17. The lowest BCUT2D eigenvalue weighted by Crippen LogP contribution is -2.81. The number of benzene rings is 5. The van der Waals surface area contributed by atoms with Gasteiger partial charge in [-0.15, -0.1) is 0 Å². The molecule has 2 aliphatic carbocycles. The molecule has 6 aromatic rings. The molecule has 4 fully saturated rings. The van der Waals surface area contributed by atoms with Crippen molar-refractivity contribution in [2.75, 3.05) is 104 Å². The first-order chi connectivity index (χ1) is 63.4. The number of alkyl carbamates (subject to hydrolysis) is 2. The molecule has 0 radical (unpaired) electrons. The van der Waals surface area contributed by atoms with E-state index in [0.29, 0.717) is 65.7 Å². The number of nitrogens with zero attached hydrogens (tertiary/aromatic N) is 5. The summed E-state index contributed by atoms with van der Waals surface area (Å²) in [7, 11) is 8.69. The molecular weight excluding hydrogens is 1880 g/mol.